The Balaban J connectivity index is 1.65. The fourth-order valence-electron chi connectivity index (χ4n) is 3.70. The highest BCUT2D eigenvalue weighted by molar-refractivity contribution is 7.89. The number of nitrogens with zero attached hydrogens (tertiary/aromatic N) is 4. The molecule has 2 aromatic carbocycles. The number of benzene rings is 2. The van der Waals surface area contributed by atoms with Crippen LogP contribution in [0.3, 0.4) is 0 Å². The van der Waals surface area contributed by atoms with Crippen LogP contribution in [-0.2, 0) is 30.0 Å². The standard InChI is InChI=1S/C21H20FN5O2S/c1-26-14-24-11-19(26)13-27-12-18(8-16-7-15(10-23)5-6-21(16)27)25-30(28,29)20-4-2-3-17(22)9-20/h2-7,9,11,14,18,25H,8,12-13H2,1H3. The zero-order valence-corrected chi connectivity index (χ0v) is 17.1. The number of hydrogen-bond acceptors (Lipinski definition) is 5. The summed E-state index contributed by atoms with van der Waals surface area (Å²) in [6, 6.07) is 12.1. The summed E-state index contributed by atoms with van der Waals surface area (Å²) in [5.41, 5.74) is 3.33. The van der Waals surface area contributed by atoms with E-state index in [1.165, 1.54) is 18.2 Å². The third kappa shape index (κ3) is 4.06. The Hall–Kier alpha value is -3.22. The molecule has 3 aromatic rings. The molecule has 0 saturated heterocycles. The predicted octanol–water partition coefficient (Wildman–Crippen LogP) is 2.34. The van der Waals surface area contributed by atoms with Crippen molar-refractivity contribution in [2.45, 2.75) is 23.9 Å². The number of hydrogen-bond donors (Lipinski definition) is 1. The summed E-state index contributed by atoms with van der Waals surface area (Å²) in [7, 11) is -1.99. The van der Waals surface area contributed by atoms with Gasteiger partial charge in [-0.15, -0.1) is 0 Å². The van der Waals surface area contributed by atoms with E-state index in [1.54, 1.807) is 24.7 Å². The summed E-state index contributed by atoms with van der Waals surface area (Å²) in [6.45, 7) is 0.965. The van der Waals surface area contributed by atoms with Gasteiger partial charge in [0, 0.05) is 31.5 Å². The van der Waals surface area contributed by atoms with Crippen LogP contribution in [0.4, 0.5) is 10.1 Å². The average Bonchev–Trinajstić information content (AvgIpc) is 3.11. The highest BCUT2D eigenvalue weighted by atomic mass is 32.2. The maximum atomic E-state index is 13.5. The molecule has 0 spiro atoms. The van der Waals surface area contributed by atoms with Gasteiger partial charge in [-0.3, -0.25) is 0 Å². The maximum Gasteiger partial charge on any atom is 0.240 e. The first-order valence-corrected chi connectivity index (χ1v) is 10.8. The number of imidazole rings is 1. The lowest BCUT2D eigenvalue weighted by Gasteiger charge is -2.36. The molecule has 0 aliphatic carbocycles. The minimum Gasteiger partial charge on any atom is -0.364 e. The molecule has 1 unspecified atom stereocenters. The van der Waals surface area contributed by atoms with Gasteiger partial charge in [-0.05, 0) is 48.4 Å². The van der Waals surface area contributed by atoms with E-state index in [1.807, 2.05) is 17.7 Å². The van der Waals surface area contributed by atoms with Crippen LogP contribution in [0.15, 0.2) is 59.9 Å². The normalized spacial score (nSPS) is 16.2. The first-order valence-electron chi connectivity index (χ1n) is 9.37. The zero-order valence-electron chi connectivity index (χ0n) is 16.3. The van der Waals surface area contributed by atoms with Gasteiger partial charge in [0.05, 0.1) is 35.1 Å². The van der Waals surface area contributed by atoms with E-state index in [4.69, 9.17) is 0 Å². The first-order chi connectivity index (χ1) is 14.4. The molecule has 1 atom stereocenters. The van der Waals surface area contributed by atoms with E-state index in [-0.39, 0.29) is 4.90 Å². The highest BCUT2D eigenvalue weighted by Gasteiger charge is 2.29. The third-order valence-corrected chi connectivity index (χ3v) is 6.67. The fraction of sp³-hybridized carbons (Fsp3) is 0.238. The summed E-state index contributed by atoms with van der Waals surface area (Å²) >= 11 is 0. The number of nitrogens with one attached hydrogen (secondary N) is 1. The molecule has 1 N–H and O–H groups in total. The molecule has 1 aromatic heterocycles. The number of aromatic nitrogens is 2. The molecule has 0 amide bonds. The number of sulfonamides is 1. The largest absolute Gasteiger partial charge is 0.364 e. The lowest BCUT2D eigenvalue weighted by molar-refractivity contribution is 0.521. The number of halogens is 1. The Morgan fingerprint density at radius 1 is 1.30 bits per heavy atom. The van der Waals surface area contributed by atoms with Crippen molar-refractivity contribution >= 4 is 15.7 Å². The summed E-state index contributed by atoms with van der Waals surface area (Å²) in [5, 5.41) is 9.25. The molecule has 0 fully saturated rings. The van der Waals surface area contributed by atoms with Gasteiger partial charge in [0.15, 0.2) is 0 Å². The van der Waals surface area contributed by atoms with E-state index in [9.17, 15) is 18.1 Å². The summed E-state index contributed by atoms with van der Waals surface area (Å²) in [4.78, 5) is 6.09. The second-order valence-electron chi connectivity index (χ2n) is 7.31. The summed E-state index contributed by atoms with van der Waals surface area (Å²) in [5.74, 6) is -0.608. The topological polar surface area (TPSA) is 91.0 Å². The lowest BCUT2D eigenvalue weighted by Crippen LogP contribution is -2.48. The van der Waals surface area contributed by atoms with Gasteiger partial charge in [-0.25, -0.2) is 22.5 Å². The molecular formula is C21H20FN5O2S. The van der Waals surface area contributed by atoms with Crippen molar-refractivity contribution in [3.05, 3.63) is 77.6 Å². The Bertz CT molecular complexity index is 1230. The molecule has 2 heterocycles. The third-order valence-electron chi connectivity index (χ3n) is 5.15. The van der Waals surface area contributed by atoms with Crippen LogP contribution in [0, 0.1) is 17.1 Å². The van der Waals surface area contributed by atoms with Crippen molar-refractivity contribution in [1.29, 1.82) is 5.26 Å². The smallest absolute Gasteiger partial charge is 0.240 e. The zero-order chi connectivity index (χ0) is 21.3. The second-order valence-corrected chi connectivity index (χ2v) is 9.03. The molecule has 7 nitrogen and oxygen atoms in total. The number of rotatable bonds is 5. The van der Waals surface area contributed by atoms with Gasteiger partial charge in [0.25, 0.3) is 0 Å². The van der Waals surface area contributed by atoms with Crippen molar-refractivity contribution in [3.63, 3.8) is 0 Å². The van der Waals surface area contributed by atoms with Gasteiger partial charge in [0.2, 0.25) is 10.0 Å². The second kappa shape index (κ2) is 7.89. The van der Waals surface area contributed by atoms with Gasteiger partial charge in [0.1, 0.15) is 5.82 Å². The first kappa shape index (κ1) is 20.1. The molecule has 0 bridgehead atoms. The molecule has 30 heavy (non-hydrogen) atoms. The summed E-state index contributed by atoms with van der Waals surface area (Å²) < 4.78 is 43.7. The van der Waals surface area contributed by atoms with Crippen LogP contribution in [0.25, 0.3) is 0 Å². The maximum absolute atomic E-state index is 13.5. The minimum atomic E-state index is -3.89. The lowest BCUT2D eigenvalue weighted by atomic mass is 9.96. The van der Waals surface area contributed by atoms with Crippen LogP contribution < -0.4 is 9.62 Å². The van der Waals surface area contributed by atoms with Crippen molar-refractivity contribution < 1.29 is 12.8 Å². The Labute approximate surface area is 174 Å². The monoisotopic (exact) mass is 425 g/mol. The van der Waals surface area contributed by atoms with Crippen molar-refractivity contribution in [1.82, 2.24) is 14.3 Å². The van der Waals surface area contributed by atoms with E-state index < -0.39 is 21.9 Å². The van der Waals surface area contributed by atoms with Crippen molar-refractivity contribution in [2.24, 2.45) is 7.05 Å². The molecule has 9 heteroatoms. The van der Waals surface area contributed by atoms with E-state index in [0.29, 0.717) is 25.1 Å². The van der Waals surface area contributed by atoms with E-state index in [2.05, 4.69) is 20.7 Å². The molecule has 154 valence electrons. The van der Waals surface area contributed by atoms with Gasteiger partial charge in [-0.2, -0.15) is 5.26 Å². The Kier molecular flexibility index (Phi) is 5.28. The Morgan fingerprint density at radius 3 is 2.83 bits per heavy atom. The molecule has 1 aliphatic rings. The number of aryl methyl sites for hydroxylation is 1. The van der Waals surface area contributed by atoms with Crippen LogP contribution in [0.1, 0.15) is 16.8 Å². The van der Waals surface area contributed by atoms with Gasteiger partial charge < -0.3 is 9.47 Å². The molecule has 0 saturated carbocycles. The van der Waals surface area contributed by atoms with Gasteiger partial charge in [-0.1, -0.05) is 6.07 Å². The van der Waals surface area contributed by atoms with Crippen LogP contribution in [0.2, 0.25) is 0 Å². The SMILES string of the molecule is Cn1cncc1CN1CC(NS(=O)(=O)c2cccc(F)c2)Cc2cc(C#N)ccc21. The predicted molar refractivity (Wildman–Crippen MR) is 110 cm³/mol. The van der Waals surface area contributed by atoms with E-state index >= 15 is 0 Å². The fourth-order valence-corrected chi connectivity index (χ4v) is 4.96. The number of anilines is 1. The molecule has 4 rings (SSSR count). The number of nitriles is 1. The van der Waals surface area contributed by atoms with E-state index in [0.717, 1.165) is 23.0 Å². The minimum absolute atomic E-state index is 0.114. The molecule has 0 radical (unpaired) electrons. The average molecular weight is 425 g/mol. The van der Waals surface area contributed by atoms with Crippen LogP contribution in [0.5, 0.6) is 0 Å². The highest BCUT2D eigenvalue weighted by Crippen LogP contribution is 2.30. The molecular weight excluding hydrogens is 405 g/mol. The Morgan fingerprint density at radius 2 is 2.13 bits per heavy atom. The quantitative estimate of drug-likeness (QED) is 0.678. The molecule has 1 aliphatic heterocycles. The van der Waals surface area contributed by atoms with Crippen LogP contribution >= 0.6 is 0 Å². The van der Waals surface area contributed by atoms with Gasteiger partial charge >= 0.3 is 0 Å². The van der Waals surface area contributed by atoms with Crippen molar-refractivity contribution in [3.8, 4) is 6.07 Å². The van der Waals surface area contributed by atoms with Crippen molar-refractivity contribution in [2.75, 3.05) is 11.4 Å². The summed E-state index contributed by atoms with van der Waals surface area (Å²) in [6.07, 6.45) is 3.91. The van der Waals surface area contributed by atoms with Crippen LogP contribution in [-0.4, -0.2) is 30.6 Å². The number of fused-ring (bicyclic) bond motifs is 1.